The fourth-order valence-electron chi connectivity index (χ4n) is 7.03. The number of amides is 1. The van der Waals surface area contributed by atoms with Crippen LogP contribution in [0, 0.1) is 11.3 Å². The Bertz CT molecular complexity index is 2990. The van der Waals surface area contributed by atoms with Gasteiger partial charge in [0, 0.05) is 29.5 Å². The van der Waals surface area contributed by atoms with Crippen LogP contribution >= 0.6 is 0 Å². The molecule has 1 heterocycles. The fourth-order valence-corrected chi connectivity index (χ4v) is 10.6. The molecule has 6 rings (SSSR count). The smallest absolute Gasteiger partial charge is 0.297 e. The predicted molar refractivity (Wildman–Crippen MR) is 221 cm³/mol. The van der Waals surface area contributed by atoms with Crippen LogP contribution in [0.2, 0.25) is 0 Å². The van der Waals surface area contributed by atoms with Gasteiger partial charge in [0.05, 0.1) is 21.2 Å². The number of fused-ring (bicyclic) bond motifs is 2. The monoisotopic (exact) mass is 903 g/mol. The minimum atomic E-state index is -5.33. The molecule has 0 radical (unpaired) electrons. The zero-order chi connectivity index (χ0) is 43.8. The normalized spacial score (nSPS) is 15.7. The number of nitrogens with one attached hydrogen (secondary N) is 1. The first-order chi connectivity index (χ1) is 28.0. The van der Waals surface area contributed by atoms with Crippen molar-refractivity contribution in [2.75, 3.05) is 24.3 Å². The molecule has 5 aromatic rings. The summed E-state index contributed by atoms with van der Waals surface area (Å²) >= 11 is 0. The Kier molecular flexibility index (Phi) is 12.6. The van der Waals surface area contributed by atoms with Crippen LogP contribution in [-0.4, -0.2) is 77.3 Å². The number of carbonyl (C=O) groups excluding carboxylic acids is 1. The lowest BCUT2D eigenvalue weighted by Gasteiger charge is -2.34. The summed E-state index contributed by atoms with van der Waals surface area (Å²) in [5, 5.41) is 20.5. The number of nitrogens with zero attached hydrogens (tertiary/aromatic N) is 2. The predicted octanol–water partition coefficient (Wildman–Crippen LogP) is 7.50. The third-order valence-electron chi connectivity index (χ3n) is 10.6. The summed E-state index contributed by atoms with van der Waals surface area (Å²) in [7, 11) is -19.4. The maximum absolute atomic E-state index is 13.4. The molecule has 5 N–H and O–H groups in total. The minimum Gasteiger partial charge on any atom is -0.505 e. The molecular weight excluding hydrogens is 863 g/mol. The van der Waals surface area contributed by atoms with Crippen molar-refractivity contribution in [1.29, 1.82) is 0 Å². The number of ether oxygens (including phenoxy) is 1. The Hall–Kier alpha value is -4.87. The standard InChI is InChI=1S/C39H41N3O14S4/c1-24(12-14-39(2)15-17-56-18-16-39)13-19-57(45,46)28-9-10-30-26(20-28)8-11-31(37(30)60(53,54)55)41-42-35-33(59(50,51)52)22-27-21-29(58(47,48)49)23-32(34(27)36(35)43)40-38(44)25-6-4-3-5-7-25/h3-11,20-24,43H,12-19H2,1-2H3,(H,40,44)(H,47,48,49)(H,50,51,52)(H,53,54,55). The summed E-state index contributed by atoms with van der Waals surface area (Å²) < 4.78 is 138. The molecule has 0 saturated carbocycles. The SMILES string of the molecule is CC(CCC1(C)CCOCC1)CCS(=O)(=O)c1ccc2c(S(=O)(=O)O)c(N=Nc3c(S(=O)(=O)O)cc4cc(S(=O)(=O)O)cc(NC(=O)c5ccccc5)c4c3O)ccc2c1. The molecule has 21 heteroatoms. The van der Waals surface area contributed by atoms with Gasteiger partial charge in [-0.3, -0.25) is 18.5 Å². The highest BCUT2D eigenvalue weighted by atomic mass is 32.2. The fraction of sp³-hybridized carbons (Fsp3) is 0.308. The first-order valence-corrected chi connectivity index (χ1v) is 24.4. The molecule has 1 unspecified atom stereocenters. The van der Waals surface area contributed by atoms with E-state index in [2.05, 4.69) is 22.5 Å². The molecule has 0 aliphatic carbocycles. The van der Waals surface area contributed by atoms with Crippen LogP contribution in [0.15, 0.2) is 109 Å². The largest absolute Gasteiger partial charge is 0.505 e. The number of phenols is 1. The van der Waals surface area contributed by atoms with Gasteiger partial charge in [0.1, 0.15) is 21.2 Å². The molecule has 5 aromatic carbocycles. The third kappa shape index (κ3) is 10.0. The number of hydrogen-bond acceptors (Lipinski definition) is 13. The van der Waals surface area contributed by atoms with Crippen molar-refractivity contribution in [1.82, 2.24) is 0 Å². The summed E-state index contributed by atoms with van der Waals surface area (Å²) in [5.74, 6) is -1.97. The summed E-state index contributed by atoms with van der Waals surface area (Å²) in [5.41, 5.74) is -1.84. The van der Waals surface area contributed by atoms with E-state index < -0.39 is 94.4 Å². The number of carbonyl (C=O) groups is 1. The van der Waals surface area contributed by atoms with Gasteiger partial charge >= 0.3 is 0 Å². The van der Waals surface area contributed by atoms with E-state index in [-0.39, 0.29) is 38.3 Å². The number of anilines is 1. The van der Waals surface area contributed by atoms with Gasteiger partial charge in [-0.2, -0.15) is 25.3 Å². The first kappa shape index (κ1) is 44.7. The Labute approximate surface area is 346 Å². The van der Waals surface area contributed by atoms with Crippen LogP contribution in [0.5, 0.6) is 5.75 Å². The van der Waals surface area contributed by atoms with Gasteiger partial charge in [-0.25, -0.2) is 8.42 Å². The van der Waals surface area contributed by atoms with Crippen LogP contribution in [0.1, 0.15) is 56.3 Å². The van der Waals surface area contributed by atoms with Crippen molar-refractivity contribution in [2.24, 2.45) is 21.6 Å². The number of rotatable bonds is 14. The van der Waals surface area contributed by atoms with E-state index in [1.54, 1.807) is 6.07 Å². The van der Waals surface area contributed by atoms with Crippen molar-refractivity contribution in [3.63, 3.8) is 0 Å². The highest BCUT2D eigenvalue weighted by Gasteiger charge is 2.29. The van der Waals surface area contributed by atoms with Gasteiger partial charge in [0.2, 0.25) is 0 Å². The first-order valence-electron chi connectivity index (χ1n) is 18.4. The van der Waals surface area contributed by atoms with E-state index in [0.717, 1.165) is 49.9 Å². The molecule has 1 aliphatic rings. The van der Waals surface area contributed by atoms with Gasteiger partial charge in [0.25, 0.3) is 36.3 Å². The molecule has 1 amide bonds. The molecule has 0 bridgehead atoms. The van der Waals surface area contributed by atoms with Gasteiger partial charge in [0.15, 0.2) is 15.6 Å². The number of sulfone groups is 1. The second-order valence-corrected chi connectivity index (χ2v) is 21.3. The summed E-state index contributed by atoms with van der Waals surface area (Å²) in [6.07, 6.45) is 4.05. The molecule has 1 fully saturated rings. The summed E-state index contributed by atoms with van der Waals surface area (Å²) in [6, 6.07) is 15.6. The zero-order valence-corrected chi connectivity index (χ0v) is 35.4. The molecule has 0 spiro atoms. The quantitative estimate of drug-likeness (QED) is 0.0533. The average Bonchev–Trinajstić information content (AvgIpc) is 3.17. The Balaban J connectivity index is 1.38. The highest BCUT2D eigenvalue weighted by Crippen LogP contribution is 2.46. The van der Waals surface area contributed by atoms with E-state index in [0.29, 0.717) is 25.7 Å². The second-order valence-electron chi connectivity index (χ2n) is 15.1. The maximum Gasteiger partial charge on any atom is 0.297 e. The van der Waals surface area contributed by atoms with Crippen LogP contribution in [0.3, 0.4) is 0 Å². The average molecular weight is 904 g/mol. The van der Waals surface area contributed by atoms with Crippen molar-refractivity contribution in [3.8, 4) is 5.75 Å². The molecule has 1 saturated heterocycles. The zero-order valence-electron chi connectivity index (χ0n) is 32.1. The van der Waals surface area contributed by atoms with Crippen LogP contribution < -0.4 is 5.32 Å². The van der Waals surface area contributed by atoms with E-state index in [9.17, 15) is 57.2 Å². The molecule has 0 aromatic heterocycles. The lowest BCUT2D eigenvalue weighted by atomic mass is 9.77. The molecular formula is C39H41N3O14S4. The molecule has 1 aliphatic heterocycles. The summed E-state index contributed by atoms with van der Waals surface area (Å²) in [4.78, 5) is 10.2. The van der Waals surface area contributed by atoms with Crippen molar-refractivity contribution >= 4 is 84.7 Å². The van der Waals surface area contributed by atoms with Crippen LogP contribution in [0.25, 0.3) is 21.5 Å². The minimum absolute atomic E-state index is 0.0729. The second kappa shape index (κ2) is 16.9. The molecule has 1 atom stereocenters. The van der Waals surface area contributed by atoms with Gasteiger partial charge in [-0.05, 0) is 96.3 Å². The van der Waals surface area contributed by atoms with Crippen LogP contribution in [-0.2, 0) is 44.9 Å². The van der Waals surface area contributed by atoms with E-state index in [4.69, 9.17) is 4.74 Å². The van der Waals surface area contributed by atoms with Crippen molar-refractivity contribution in [3.05, 3.63) is 84.4 Å². The van der Waals surface area contributed by atoms with E-state index in [1.165, 1.54) is 42.5 Å². The maximum atomic E-state index is 13.4. The summed E-state index contributed by atoms with van der Waals surface area (Å²) in [6.45, 7) is 5.62. The van der Waals surface area contributed by atoms with Crippen molar-refractivity contribution in [2.45, 2.75) is 65.5 Å². The number of benzene rings is 5. The Morgan fingerprint density at radius 1 is 0.783 bits per heavy atom. The van der Waals surface area contributed by atoms with E-state index >= 15 is 0 Å². The molecule has 60 heavy (non-hydrogen) atoms. The topological polar surface area (TPSA) is 281 Å². The van der Waals surface area contributed by atoms with Crippen molar-refractivity contribution < 1.29 is 62.0 Å². The Morgan fingerprint density at radius 2 is 1.45 bits per heavy atom. The van der Waals surface area contributed by atoms with Gasteiger partial charge in [-0.15, -0.1) is 10.2 Å². The lowest BCUT2D eigenvalue weighted by molar-refractivity contribution is 0.0170. The molecule has 320 valence electrons. The number of phenolic OH excluding ortho intramolecular Hbond substituents is 1. The third-order valence-corrected chi connectivity index (χ3v) is 15.0. The van der Waals surface area contributed by atoms with Crippen LogP contribution in [0.4, 0.5) is 17.1 Å². The van der Waals surface area contributed by atoms with E-state index in [1.807, 2.05) is 6.92 Å². The molecule has 17 nitrogen and oxygen atoms in total. The number of azo groups is 1. The Morgan fingerprint density at radius 3 is 2.08 bits per heavy atom. The van der Waals surface area contributed by atoms with Gasteiger partial charge < -0.3 is 15.2 Å². The van der Waals surface area contributed by atoms with Gasteiger partial charge in [-0.1, -0.05) is 50.6 Å². The number of aromatic hydroxyl groups is 1. The lowest BCUT2D eigenvalue weighted by Crippen LogP contribution is -2.27. The highest BCUT2D eigenvalue weighted by molar-refractivity contribution is 7.91. The number of hydrogen-bond donors (Lipinski definition) is 5.